The minimum absolute atomic E-state index is 0.00371. The lowest BCUT2D eigenvalue weighted by molar-refractivity contribution is -0.131. The molecule has 0 aromatic carbocycles. The predicted molar refractivity (Wildman–Crippen MR) is 80.7 cm³/mol. The molecule has 0 saturated carbocycles. The van der Waals surface area contributed by atoms with Crippen molar-refractivity contribution < 1.29 is 9.59 Å². The maximum Gasteiger partial charge on any atom is 0.274 e. The smallest absolute Gasteiger partial charge is 0.274 e. The van der Waals surface area contributed by atoms with E-state index in [0.29, 0.717) is 31.7 Å². The summed E-state index contributed by atoms with van der Waals surface area (Å²) in [5, 5.41) is 0. The Morgan fingerprint density at radius 2 is 1.86 bits per heavy atom. The molecule has 0 fully saturated rings. The minimum atomic E-state index is -0.189. The molecule has 0 aliphatic heterocycles. The highest BCUT2D eigenvalue weighted by Crippen LogP contribution is 2.07. The average Bonchev–Trinajstić information content (AvgIpc) is 2.49. The third-order valence-electron chi connectivity index (χ3n) is 3.35. The summed E-state index contributed by atoms with van der Waals surface area (Å²) in [5.41, 5.74) is 0.307. The Morgan fingerprint density at radius 3 is 2.33 bits per heavy atom. The monoisotopic (exact) mass is 292 g/mol. The van der Waals surface area contributed by atoms with Gasteiger partial charge in [-0.05, 0) is 27.7 Å². The molecule has 1 rings (SSSR count). The largest absolute Gasteiger partial charge is 0.343 e. The van der Waals surface area contributed by atoms with E-state index < -0.39 is 0 Å². The molecule has 0 atom stereocenters. The van der Waals surface area contributed by atoms with Crippen molar-refractivity contribution in [1.82, 2.24) is 19.8 Å². The summed E-state index contributed by atoms with van der Waals surface area (Å²) in [5.74, 6) is -0.122. The molecular weight excluding hydrogens is 268 g/mol. The van der Waals surface area contributed by atoms with Crippen LogP contribution in [0.3, 0.4) is 0 Å². The van der Waals surface area contributed by atoms with E-state index in [2.05, 4.69) is 9.97 Å². The van der Waals surface area contributed by atoms with Gasteiger partial charge in [0.1, 0.15) is 5.69 Å². The van der Waals surface area contributed by atoms with Crippen LogP contribution in [0.15, 0.2) is 18.6 Å². The molecule has 1 aromatic rings. The van der Waals surface area contributed by atoms with Crippen molar-refractivity contribution in [2.75, 3.05) is 19.6 Å². The van der Waals surface area contributed by atoms with Gasteiger partial charge in [0.25, 0.3) is 5.91 Å². The normalized spacial score (nSPS) is 10.5. The van der Waals surface area contributed by atoms with Gasteiger partial charge in [0.15, 0.2) is 0 Å². The molecule has 0 unspecified atom stereocenters. The second-order valence-electron chi connectivity index (χ2n) is 5.00. The van der Waals surface area contributed by atoms with E-state index in [0.717, 1.165) is 0 Å². The Kier molecular flexibility index (Phi) is 6.78. The molecule has 0 saturated heterocycles. The number of aromatic nitrogens is 2. The molecule has 0 bridgehead atoms. The van der Waals surface area contributed by atoms with Crippen LogP contribution in [0.5, 0.6) is 0 Å². The number of nitrogens with zero attached hydrogens (tertiary/aromatic N) is 4. The van der Waals surface area contributed by atoms with Gasteiger partial charge < -0.3 is 9.80 Å². The summed E-state index contributed by atoms with van der Waals surface area (Å²) in [6.45, 7) is 9.53. The first-order valence-electron chi connectivity index (χ1n) is 7.36. The van der Waals surface area contributed by atoms with Crippen LogP contribution < -0.4 is 0 Å². The summed E-state index contributed by atoms with van der Waals surface area (Å²) < 4.78 is 0. The summed E-state index contributed by atoms with van der Waals surface area (Å²) in [6, 6.07) is 0.00371. The number of rotatable bonds is 7. The van der Waals surface area contributed by atoms with Crippen molar-refractivity contribution in [2.45, 2.75) is 40.2 Å². The van der Waals surface area contributed by atoms with Crippen LogP contribution in [-0.2, 0) is 4.79 Å². The average molecular weight is 292 g/mol. The summed E-state index contributed by atoms with van der Waals surface area (Å²) >= 11 is 0. The van der Waals surface area contributed by atoms with E-state index >= 15 is 0 Å². The minimum Gasteiger partial charge on any atom is -0.343 e. The van der Waals surface area contributed by atoms with Crippen LogP contribution in [0.1, 0.15) is 44.6 Å². The van der Waals surface area contributed by atoms with E-state index in [1.54, 1.807) is 9.80 Å². The summed E-state index contributed by atoms with van der Waals surface area (Å²) in [4.78, 5) is 35.8. The lowest BCUT2D eigenvalue weighted by Crippen LogP contribution is -2.41. The van der Waals surface area contributed by atoms with Gasteiger partial charge in [0.05, 0.1) is 6.20 Å². The Labute approximate surface area is 126 Å². The Morgan fingerprint density at radius 1 is 1.19 bits per heavy atom. The lowest BCUT2D eigenvalue weighted by Gasteiger charge is -2.27. The van der Waals surface area contributed by atoms with Crippen molar-refractivity contribution in [2.24, 2.45) is 0 Å². The van der Waals surface area contributed by atoms with Crippen molar-refractivity contribution in [3.8, 4) is 0 Å². The molecule has 2 amide bonds. The van der Waals surface area contributed by atoms with Crippen LogP contribution in [0.25, 0.3) is 0 Å². The molecule has 6 heteroatoms. The molecule has 0 aliphatic rings. The van der Waals surface area contributed by atoms with Crippen molar-refractivity contribution >= 4 is 11.8 Å². The standard InChI is InChI=1S/C15H24N4O2/c1-5-18(6-2)14(20)7-10-19(12(3)4)15(21)13-11-16-8-9-17-13/h8-9,11-12H,5-7,10H2,1-4H3. The van der Waals surface area contributed by atoms with Gasteiger partial charge in [-0.15, -0.1) is 0 Å². The maximum absolute atomic E-state index is 12.4. The fourth-order valence-corrected chi connectivity index (χ4v) is 2.10. The first-order valence-corrected chi connectivity index (χ1v) is 7.36. The van der Waals surface area contributed by atoms with Crippen LogP contribution in [-0.4, -0.2) is 57.3 Å². The third kappa shape index (κ3) is 4.81. The van der Waals surface area contributed by atoms with Crippen LogP contribution in [0.4, 0.5) is 0 Å². The van der Waals surface area contributed by atoms with Gasteiger partial charge in [-0.3, -0.25) is 14.6 Å². The molecule has 0 spiro atoms. The lowest BCUT2D eigenvalue weighted by atomic mass is 10.2. The first-order chi connectivity index (χ1) is 10.0. The second-order valence-corrected chi connectivity index (χ2v) is 5.00. The van der Waals surface area contributed by atoms with Crippen molar-refractivity contribution in [3.05, 3.63) is 24.3 Å². The molecule has 1 heterocycles. The molecule has 1 aromatic heterocycles. The van der Waals surface area contributed by atoms with Crippen LogP contribution in [0, 0.1) is 0 Å². The van der Waals surface area contributed by atoms with Gasteiger partial charge in [0.2, 0.25) is 5.91 Å². The maximum atomic E-state index is 12.4. The van der Waals surface area contributed by atoms with Crippen molar-refractivity contribution in [1.29, 1.82) is 0 Å². The van der Waals surface area contributed by atoms with Crippen LogP contribution >= 0.6 is 0 Å². The summed E-state index contributed by atoms with van der Waals surface area (Å²) in [6.07, 6.45) is 4.79. The SMILES string of the molecule is CCN(CC)C(=O)CCN(C(=O)c1cnccn1)C(C)C. The predicted octanol–water partition coefficient (Wildman–Crippen LogP) is 1.59. The molecule has 6 nitrogen and oxygen atoms in total. The van der Waals surface area contributed by atoms with E-state index in [9.17, 15) is 9.59 Å². The molecule has 21 heavy (non-hydrogen) atoms. The number of carbonyl (C=O) groups excluding carboxylic acids is 2. The van der Waals surface area contributed by atoms with Gasteiger partial charge >= 0.3 is 0 Å². The van der Waals surface area contributed by atoms with Crippen molar-refractivity contribution in [3.63, 3.8) is 0 Å². The second kappa shape index (κ2) is 8.34. The number of carbonyl (C=O) groups is 2. The van der Waals surface area contributed by atoms with E-state index in [-0.39, 0.29) is 17.9 Å². The topological polar surface area (TPSA) is 66.4 Å². The molecule has 0 N–H and O–H groups in total. The van der Waals surface area contributed by atoms with Gasteiger partial charge in [0, 0.05) is 44.5 Å². The number of amides is 2. The van der Waals surface area contributed by atoms with E-state index in [1.165, 1.54) is 18.6 Å². The van der Waals surface area contributed by atoms with E-state index in [1.807, 2.05) is 27.7 Å². The fourth-order valence-electron chi connectivity index (χ4n) is 2.10. The van der Waals surface area contributed by atoms with Crippen LogP contribution in [0.2, 0.25) is 0 Å². The van der Waals surface area contributed by atoms with Gasteiger partial charge in [-0.2, -0.15) is 0 Å². The summed E-state index contributed by atoms with van der Waals surface area (Å²) in [7, 11) is 0. The molecule has 0 aliphatic carbocycles. The number of hydrogen-bond acceptors (Lipinski definition) is 4. The number of hydrogen-bond donors (Lipinski definition) is 0. The quantitative estimate of drug-likeness (QED) is 0.765. The Bertz CT molecular complexity index is 458. The molecule has 0 radical (unpaired) electrons. The zero-order valence-corrected chi connectivity index (χ0v) is 13.2. The highest BCUT2D eigenvalue weighted by atomic mass is 16.2. The Hall–Kier alpha value is -1.98. The third-order valence-corrected chi connectivity index (χ3v) is 3.35. The first kappa shape index (κ1) is 17.1. The zero-order chi connectivity index (χ0) is 15.8. The van der Waals surface area contributed by atoms with Gasteiger partial charge in [-0.25, -0.2) is 4.98 Å². The Balaban J connectivity index is 2.71. The van der Waals surface area contributed by atoms with E-state index in [4.69, 9.17) is 0 Å². The van der Waals surface area contributed by atoms with Gasteiger partial charge in [-0.1, -0.05) is 0 Å². The highest BCUT2D eigenvalue weighted by molar-refractivity contribution is 5.92. The zero-order valence-electron chi connectivity index (χ0n) is 13.2. The fraction of sp³-hybridized carbons (Fsp3) is 0.600. The molecule has 116 valence electrons. The molecular formula is C15H24N4O2. The highest BCUT2D eigenvalue weighted by Gasteiger charge is 2.21.